The van der Waals surface area contributed by atoms with Crippen LogP contribution in [-0.2, 0) is 19.3 Å². The van der Waals surface area contributed by atoms with Crippen molar-refractivity contribution in [3.63, 3.8) is 0 Å². The van der Waals surface area contributed by atoms with Crippen LogP contribution < -0.4 is 0 Å². The summed E-state index contributed by atoms with van der Waals surface area (Å²) in [5.41, 5.74) is 2.52. The molecular weight excluding hydrogens is 216 g/mol. The molecule has 0 saturated heterocycles. The van der Waals surface area contributed by atoms with Crippen LogP contribution in [0.1, 0.15) is 22.9 Å². The Bertz CT molecular complexity index is 463. The average Bonchev–Trinajstić information content (AvgIpc) is 2.77. The van der Waals surface area contributed by atoms with Crippen molar-refractivity contribution >= 4 is 0 Å². The lowest BCUT2D eigenvalue weighted by molar-refractivity contribution is 0.283. The first kappa shape index (κ1) is 11.8. The van der Waals surface area contributed by atoms with Crippen LogP contribution in [0.2, 0.25) is 0 Å². The van der Waals surface area contributed by atoms with Gasteiger partial charge in [0.15, 0.2) is 0 Å². The van der Waals surface area contributed by atoms with Gasteiger partial charge < -0.3 is 9.52 Å². The molecule has 1 N–H and O–H groups in total. The van der Waals surface area contributed by atoms with Crippen LogP contribution in [0, 0.1) is 6.92 Å². The number of aromatic nitrogens is 2. The molecule has 0 atom stereocenters. The van der Waals surface area contributed by atoms with Crippen LogP contribution in [-0.4, -0.2) is 21.9 Å². The summed E-state index contributed by atoms with van der Waals surface area (Å²) >= 11 is 0. The van der Waals surface area contributed by atoms with Gasteiger partial charge >= 0.3 is 0 Å². The molecule has 0 bridgehead atoms. The third-order valence-corrected chi connectivity index (χ3v) is 2.58. The maximum absolute atomic E-state index is 8.74. The Labute approximate surface area is 100 Å². The molecule has 1 heterocycles. The molecule has 0 fully saturated rings. The number of hydrogen-bond acceptors (Lipinski definition) is 4. The predicted octanol–water partition coefficient (Wildman–Crippen LogP) is 1.70. The molecular formula is C13H16N2O2. The fraction of sp³-hybridized carbons (Fsp3) is 0.385. The highest BCUT2D eigenvalue weighted by Gasteiger charge is 2.05. The second kappa shape index (κ2) is 5.59. The lowest BCUT2D eigenvalue weighted by Crippen LogP contribution is -1.91. The number of benzene rings is 1. The monoisotopic (exact) mass is 232 g/mol. The largest absolute Gasteiger partial charge is 0.425 e. The van der Waals surface area contributed by atoms with Crippen molar-refractivity contribution in [3.8, 4) is 0 Å². The minimum absolute atomic E-state index is 0.0413. The number of aliphatic hydroxyl groups excluding tert-OH is 1. The lowest BCUT2D eigenvalue weighted by Gasteiger charge is -1.99. The van der Waals surface area contributed by atoms with Crippen LogP contribution >= 0.6 is 0 Å². The van der Waals surface area contributed by atoms with Crippen LogP contribution in [0.25, 0.3) is 0 Å². The van der Waals surface area contributed by atoms with Crippen molar-refractivity contribution in [2.45, 2.75) is 26.2 Å². The van der Waals surface area contributed by atoms with Crippen LogP contribution in [0.15, 0.2) is 28.7 Å². The van der Waals surface area contributed by atoms with E-state index in [0.29, 0.717) is 18.2 Å². The summed E-state index contributed by atoms with van der Waals surface area (Å²) in [6.07, 6.45) is 2.06. The highest BCUT2D eigenvalue weighted by atomic mass is 16.4. The van der Waals surface area contributed by atoms with E-state index in [1.165, 1.54) is 11.1 Å². The molecule has 0 spiro atoms. The molecule has 0 radical (unpaired) electrons. The maximum Gasteiger partial charge on any atom is 0.218 e. The summed E-state index contributed by atoms with van der Waals surface area (Å²) in [5.74, 6) is 1.14. The molecule has 2 rings (SSSR count). The van der Waals surface area contributed by atoms with Gasteiger partial charge in [-0.1, -0.05) is 29.8 Å². The van der Waals surface area contributed by atoms with E-state index >= 15 is 0 Å². The third kappa shape index (κ3) is 3.39. The summed E-state index contributed by atoms with van der Waals surface area (Å²) in [7, 11) is 0. The molecule has 2 aromatic rings. The van der Waals surface area contributed by atoms with Gasteiger partial charge in [-0.2, -0.15) is 0 Å². The summed E-state index contributed by atoms with van der Waals surface area (Å²) in [6.45, 7) is 2.11. The number of hydrogen-bond donors (Lipinski definition) is 1. The van der Waals surface area contributed by atoms with Crippen LogP contribution in [0.4, 0.5) is 0 Å². The van der Waals surface area contributed by atoms with Gasteiger partial charge in [0.2, 0.25) is 11.8 Å². The Morgan fingerprint density at radius 2 is 1.65 bits per heavy atom. The molecule has 0 aliphatic carbocycles. The van der Waals surface area contributed by atoms with E-state index in [9.17, 15) is 0 Å². The Morgan fingerprint density at radius 3 is 2.29 bits per heavy atom. The van der Waals surface area contributed by atoms with E-state index < -0.39 is 0 Å². The topological polar surface area (TPSA) is 59.2 Å². The van der Waals surface area contributed by atoms with Crippen molar-refractivity contribution in [2.75, 3.05) is 6.61 Å². The number of aliphatic hydroxyl groups is 1. The Morgan fingerprint density at radius 1 is 1.00 bits per heavy atom. The van der Waals surface area contributed by atoms with Gasteiger partial charge in [-0.05, 0) is 18.9 Å². The van der Waals surface area contributed by atoms with Gasteiger partial charge in [-0.3, -0.25) is 0 Å². The van der Waals surface area contributed by atoms with Gasteiger partial charge in [-0.15, -0.1) is 10.2 Å². The van der Waals surface area contributed by atoms with Crippen molar-refractivity contribution in [1.29, 1.82) is 0 Å². The predicted molar refractivity (Wildman–Crippen MR) is 63.7 cm³/mol. The van der Waals surface area contributed by atoms with Gasteiger partial charge in [0, 0.05) is 12.8 Å². The van der Waals surface area contributed by atoms with Crippen molar-refractivity contribution in [2.24, 2.45) is 0 Å². The van der Waals surface area contributed by atoms with Gasteiger partial charge in [0.25, 0.3) is 0 Å². The van der Waals surface area contributed by atoms with Crippen molar-refractivity contribution in [3.05, 3.63) is 47.2 Å². The SMILES string of the molecule is Cc1ccc(CCc2nnc(CCO)o2)cc1. The normalized spacial score (nSPS) is 10.7. The second-order valence-electron chi connectivity index (χ2n) is 4.05. The molecule has 4 nitrogen and oxygen atoms in total. The maximum atomic E-state index is 8.74. The first-order chi connectivity index (χ1) is 8.28. The van der Waals surface area contributed by atoms with E-state index in [-0.39, 0.29) is 6.61 Å². The Balaban J connectivity index is 1.90. The number of aryl methyl sites for hydroxylation is 3. The Hall–Kier alpha value is -1.68. The van der Waals surface area contributed by atoms with E-state index in [2.05, 4.69) is 41.4 Å². The first-order valence-electron chi connectivity index (χ1n) is 5.75. The highest BCUT2D eigenvalue weighted by Crippen LogP contribution is 2.08. The molecule has 0 amide bonds. The molecule has 1 aromatic heterocycles. The van der Waals surface area contributed by atoms with Crippen molar-refractivity contribution < 1.29 is 9.52 Å². The zero-order valence-corrected chi connectivity index (χ0v) is 9.89. The second-order valence-corrected chi connectivity index (χ2v) is 4.05. The molecule has 17 heavy (non-hydrogen) atoms. The summed E-state index contributed by atoms with van der Waals surface area (Å²) in [5, 5.41) is 16.5. The smallest absolute Gasteiger partial charge is 0.218 e. The molecule has 0 saturated carbocycles. The zero-order valence-electron chi connectivity index (χ0n) is 9.89. The van der Waals surface area contributed by atoms with Gasteiger partial charge in [0.05, 0.1) is 6.61 Å². The van der Waals surface area contributed by atoms with Crippen LogP contribution in [0.3, 0.4) is 0 Å². The van der Waals surface area contributed by atoms with Crippen molar-refractivity contribution in [1.82, 2.24) is 10.2 Å². The number of rotatable bonds is 5. The standard InChI is InChI=1S/C13H16N2O2/c1-10-2-4-11(5-3-10)6-7-12-14-15-13(17-12)8-9-16/h2-5,16H,6-9H2,1H3. The molecule has 0 aliphatic heterocycles. The highest BCUT2D eigenvalue weighted by molar-refractivity contribution is 5.21. The molecule has 0 aliphatic rings. The molecule has 4 heteroatoms. The fourth-order valence-electron chi connectivity index (χ4n) is 1.59. The molecule has 1 aromatic carbocycles. The fourth-order valence-corrected chi connectivity index (χ4v) is 1.59. The van der Waals surface area contributed by atoms with E-state index in [1.54, 1.807) is 0 Å². The van der Waals surface area contributed by atoms with E-state index in [1.807, 2.05) is 0 Å². The van der Waals surface area contributed by atoms with E-state index in [0.717, 1.165) is 12.8 Å². The zero-order chi connectivity index (χ0) is 12.1. The number of nitrogens with zero attached hydrogens (tertiary/aromatic N) is 2. The van der Waals surface area contributed by atoms with Gasteiger partial charge in [-0.25, -0.2) is 0 Å². The minimum atomic E-state index is 0.0413. The summed E-state index contributed by atoms with van der Waals surface area (Å²) in [6, 6.07) is 8.42. The first-order valence-corrected chi connectivity index (χ1v) is 5.75. The molecule has 90 valence electrons. The summed E-state index contributed by atoms with van der Waals surface area (Å²) < 4.78 is 5.39. The van der Waals surface area contributed by atoms with Gasteiger partial charge in [0.1, 0.15) is 0 Å². The molecule has 0 unspecified atom stereocenters. The van der Waals surface area contributed by atoms with E-state index in [4.69, 9.17) is 9.52 Å². The lowest BCUT2D eigenvalue weighted by atomic mass is 10.1. The quantitative estimate of drug-likeness (QED) is 0.852. The average molecular weight is 232 g/mol. The summed E-state index contributed by atoms with van der Waals surface area (Å²) in [4.78, 5) is 0. The Kier molecular flexibility index (Phi) is 3.88. The van der Waals surface area contributed by atoms with Crippen LogP contribution in [0.5, 0.6) is 0 Å². The third-order valence-electron chi connectivity index (χ3n) is 2.58. The minimum Gasteiger partial charge on any atom is -0.425 e.